The number of nitrogens with zero attached hydrogens (tertiary/aromatic N) is 5. The lowest BCUT2D eigenvalue weighted by Gasteiger charge is -2.34. The zero-order chi connectivity index (χ0) is 25.3. The molecule has 1 aromatic carbocycles. The molecule has 0 radical (unpaired) electrons. The Balaban J connectivity index is 1.19. The monoisotopic (exact) mass is 510 g/mol. The van der Waals surface area contributed by atoms with Crippen LogP contribution in [0.1, 0.15) is 49.5 Å². The van der Waals surface area contributed by atoms with Gasteiger partial charge in [0.15, 0.2) is 17.0 Å². The van der Waals surface area contributed by atoms with E-state index in [-0.39, 0.29) is 12.3 Å². The second kappa shape index (κ2) is 9.89. The fourth-order valence-corrected chi connectivity index (χ4v) is 4.82. The average molecular weight is 511 g/mol. The number of imidazole rings is 1. The van der Waals surface area contributed by atoms with Crippen molar-refractivity contribution >= 4 is 17.0 Å². The largest absolute Gasteiger partial charge is 0.416 e. The molecule has 36 heavy (non-hydrogen) atoms. The van der Waals surface area contributed by atoms with Gasteiger partial charge < -0.3 is 10.1 Å². The molecule has 0 bridgehead atoms. The maximum absolute atomic E-state index is 14.8. The number of aromatic nitrogens is 4. The zero-order valence-electron chi connectivity index (χ0n) is 19.5. The SMILES string of the molecule is FC(F)(F)c1ccc(C(F)(F)CN2CCC(Nc3ncnc4c3ncn4C3CCCCO3)CC2)cc1. The summed E-state index contributed by atoms with van der Waals surface area (Å²) in [5, 5.41) is 3.39. The van der Waals surface area contributed by atoms with Crippen molar-refractivity contribution in [2.45, 2.75) is 56.5 Å². The van der Waals surface area contributed by atoms with Gasteiger partial charge in [-0.2, -0.15) is 22.0 Å². The Kier molecular flexibility index (Phi) is 6.82. The molecular formula is C24H27F5N6O. The Hall–Kier alpha value is -2.86. The molecule has 4 heterocycles. The first-order valence-electron chi connectivity index (χ1n) is 12.0. The minimum Gasteiger partial charge on any atom is -0.365 e. The predicted molar refractivity (Wildman–Crippen MR) is 123 cm³/mol. The molecule has 0 amide bonds. The van der Waals surface area contributed by atoms with Crippen LogP contribution in [0.25, 0.3) is 11.2 Å². The number of anilines is 1. The lowest BCUT2D eigenvalue weighted by atomic mass is 10.0. The van der Waals surface area contributed by atoms with E-state index in [1.807, 2.05) is 4.57 Å². The van der Waals surface area contributed by atoms with Gasteiger partial charge in [-0.25, -0.2) is 15.0 Å². The Morgan fingerprint density at radius 2 is 1.64 bits per heavy atom. The molecule has 1 N–H and O–H groups in total. The quantitative estimate of drug-likeness (QED) is 0.459. The van der Waals surface area contributed by atoms with E-state index in [1.54, 1.807) is 11.2 Å². The maximum atomic E-state index is 14.8. The lowest BCUT2D eigenvalue weighted by molar-refractivity contribution is -0.137. The zero-order valence-corrected chi connectivity index (χ0v) is 19.5. The maximum Gasteiger partial charge on any atom is 0.416 e. The molecule has 2 aromatic heterocycles. The highest BCUT2D eigenvalue weighted by molar-refractivity contribution is 5.82. The van der Waals surface area contributed by atoms with Crippen molar-refractivity contribution < 1.29 is 26.7 Å². The molecule has 3 aromatic rings. The summed E-state index contributed by atoms with van der Waals surface area (Å²) in [5.41, 5.74) is -0.0310. The van der Waals surface area contributed by atoms with E-state index in [0.717, 1.165) is 31.4 Å². The molecule has 194 valence electrons. The van der Waals surface area contributed by atoms with Crippen LogP contribution in [0.2, 0.25) is 0 Å². The third kappa shape index (κ3) is 5.29. The molecule has 5 rings (SSSR count). The second-order valence-electron chi connectivity index (χ2n) is 9.34. The normalized spacial score (nSPS) is 20.6. The molecule has 1 unspecified atom stereocenters. The molecule has 7 nitrogen and oxygen atoms in total. The van der Waals surface area contributed by atoms with E-state index in [1.165, 1.54) is 6.33 Å². The summed E-state index contributed by atoms with van der Waals surface area (Å²) < 4.78 is 75.5. The minimum atomic E-state index is -4.56. The highest BCUT2D eigenvalue weighted by atomic mass is 19.4. The van der Waals surface area contributed by atoms with Crippen LogP contribution in [0, 0.1) is 0 Å². The van der Waals surface area contributed by atoms with Crippen LogP contribution >= 0.6 is 0 Å². The molecule has 1 atom stereocenters. The van der Waals surface area contributed by atoms with E-state index >= 15 is 0 Å². The van der Waals surface area contributed by atoms with E-state index in [0.29, 0.717) is 61.7 Å². The number of likely N-dealkylation sites (tertiary alicyclic amines) is 1. The molecule has 0 aliphatic carbocycles. The van der Waals surface area contributed by atoms with Crippen molar-refractivity contribution in [2.75, 3.05) is 31.6 Å². The number of alkyl halides is 5. The van der Waals surface area contributed by atoms with Crippen molar-refractivity contribution in [1.82, 2.24) is 24.4 Å². The lowest BCUT2D eigenvalue weighted by Crippen LogP contribution is -2.43. The Bertz CT molecular complexity index is 1170. The van der Waals surface area contributed by atoms with Crippen LogP contribution in [-0.2, 0) is 16.8 Å². The molecule has 0 spiro atoms. The summed E-state index contributed by atoms with van der Waals surface area (Å²) >= 11 is 0. The number of nitrogens with one attached hydrogen (secondary N) is 1. The Labute approximate surface area is 204 Å². The molecule has 2 aliphatic rings. The minimum absolute atomic E-state index is 0.0233. The van der Waals surface area contributed by atoms with Gasteiger partial charge in [0.05, 0.1) is 18.4 Å². The van der Waals surface area contributed by atoms with Crippen LogP contribution in [-0.4, -0.2) is 56.7 Å². The van der Waals surface area contributed by atoms with Gasteiger partial charge in [-0.05, 0) is 44.2 Å². The summed E-state index contributed by atoms with van der Waals surface area (Å²) in [6.45, 7) is 1.00. The fraction of sp³-hybridized carbons (Fsp3) is 0.542. The summed E-state index contributed by atoms with van der Waals surface area (Å²) in [6, 6.07) is 3.13. The summed E-state index contributed by atoms with van der Waals surface area (Å²) in [7, 11) is 0. The van der Waals surface area contributed by atoms with Crippen molar-refractivity contribution in [3.8, 4) is 0 Å². The predicted octanol–water partition coefficient (Wildman–Crippen LogP) is 5.21. The number of ether oxygens (including phenoxy) is 1. The van der Waals surface area contributed by atoms with Crippen LogP contribution in [0.5, 0.6) is 0 Å². The van der Waals surface area contributed by atoms with E-state index in [4.69, 9.17) is 4.74 Å². The third-order valence-corrected chi connectivity index (χ3v) is 6.81. The number of halogens is 5. The molecule has 12 heteroatoms. The number of benzene rings is 1. The number of hydrogen-bond acceptors (Lipinski definition) is 6. The van der Waals surface area contributed by atoms with E-state index in [2.05, 4.69) is 20.3 Å². The number of piperidine rings is 1. The highest BCUT2D eigenvalue weighted by Gasteiger charge is 2.37. The van der Waals surface area contributed by atoms with Gasteiger partial charge >= 0.3 is 6.18 Å². The van der Waals surface area contributed by atoms with E-state index < -0.39 is 29.8 Å². The van der Waals surface area contributed by atoms with Crippen molar-refractivity contribution in [2.24, 2.45) is 0 Å². The number of fused-ring (bicyclic) bond motifs is 1. The number of rotatable bonds is 6. The summed E-state index contributed by atoms with van der Waals surface area (Å²) in [4.78, 5) is 14.9. The second-order valence-corrected chi connectivity index (χ2v) is 9.34. The summed E-state index contributed by atoms with van der Waals surface area (Å²) in [5.74, 6) is -2.65. The average Bonchev–Trinajstić information content (AvgIpc) is 3.30. The smallest absolute Gasteiger partial charge is 0.365 e. The van der Waals surface area contributed by atoms with Gasteiger partial charge in [0.2, 0.25) is 0 Å². The first-order valence-corrected chi connectivity index (χ1v) is 12.0. The molecule has 0 saturated carbocycles. The highest BCUT2D eigenvalue weighted by Crippen LogP contribution is 2.34. The first kappa shape index (κ1) is 24.8. The molecule has 2 saturated heterocycles. The fourth-order valence-electron chi connectivity index (χ4n) is 4.82. The van der Waals surface area contributed by atoms with E-state index in [9.17, 15) is 22.0 Å². The van der Waals surface area contributed by atoms with Crippen LogP contribution < -0.4 is 5.32 Å². The van der Waals surface area contributed by atoms with Crippen molar-refractivity contribution in [3.05, 3.63) is 48.0 Å². The molecule has 2 fully saturated rings. The summed E-state index contributed by atoms with van der Waals surface area (Å²) in [6.07, 6.45) is 2.78. The van der Waals surface area contributed by atoms with Crippen LogP contribution in [0.4, 0.5) is 27.8 Å². The number of hydrogen-bond donors (Lipinski definition) is 1. The van der Waals surface area contributed by atoms with Gasteiger partial charge in [0.1, 0.15) is 12.6 Å². The van der Waals surface area contributed by atoms with Gasteiger partial charge in [-0.3, -0.25) is 9.47 Å². The van der Waals surface area contributed by atoms with Gasteiger partial charge in [0.25, 0.3) is 5.92 Å². The van der Waals surface area contributed by atoms with Crippen LogP contribution in [0.15, 0.2) is 36.9 Å². The van der Waals surface area contributed by atoms with Crippen LogP contribution in [0.3, 0.4) is 0 Å². The first-order chi connectivity index (χ1) is 17.2. The van der Waals surface area contributed by atoms with Gasteiger partial charge in [-0.15, -0.1) is 0 Å². The Morgan fingerprint density at radius 1 is 0.917 bits per heavy atom. The van der Waals surface area contributed by atoms with Gasteiger partial charge in [-0.1, -0.05) is 12.1 Å². The topological polar surface area (TPSA) is 68.1 Å². The molecular weight excluding hydrogens is 483 g/mol. The van der Waals surface area contributed by atoms with Gasteiger partial charge in [0, 0.05) is 31.3 Å². The van der Waals surface area contributed by atoms with Crippen molar-refractivity contribution in [3.63, 3.8) is 0 Å². The Morgan fingerprint density at radius 3 is 2.31 bits per heavy atom. The molecule has 2 aliphatic heterocycles. The standard InChI is InChI=1S/C24H27F5N6O/c25-23(26,16-4-6-17(7-5-16)24(27,28)29)13-34-10-8-18(9-11-34)33-21-20-22(31-14-30-21)35(15-32-20)19-3-1-2-12-36-19/h4-7,14-15,18-19H,1-3,8-13H2,(H,30,31,33). The third-order valence-electron chi connectivity index (χ3n) is 6.81. The van der Waals surface area contributed by atoms with Crippen molar-refractivity contribution in [1.29, 1.82) is 0 Å².